The monoisotopic (exact) mass is 355 g/mol. The van der Waals surface area contributed by atoms with Crippen LogP contribution in [-0.2, 0) is 10.5 Å². The van der Waals surface area contributed by atoms with E-state index in [4.69, 9.17) is 0 Å². The second-order valence-corrected chi connectivity index (χ2v) is 6.86. The van der Waals surface area contributed by atoms with Crippen LogP contribution in [0, 0.1) is 6.92 Å². The number of hydrogen-bond acceptors (Lipinski definition) is 3. The van der Waals surface area contributed by atoms with Gasteiger partial charge in [-0.3, -0.25) is 14.5 Å². The zero-order valence-electron chi connectivity index (χ0n) is 14.7. The van der Waals surface area contributed by atoms with Crippen LogP contribution >= 0.6 is 0 Å². The highest BCUT2D eigenvalue weighted by Crippen LogP contribution is 2.47. The van der Waals surface area contributed by atoms with Crippen molar-refractivity contribution in [3.05, 3.63) is 89.5 Å². The molecule has 2 N–H and O–H groups in total. The smallest absolute Gasteiger partial charge is 0.276 e. The van der Waals surface area contributed by atoms with E-state index in [9.17, 15) is 9.59 Å². The Hall–Kier alpha value is -3.60. The number of carbonyl (C=O) groups excluding carboxylic acids is 2. The van der Waals surface area contributed by atoms with Crippen molar-refractivity contribution < 1.29 is 9.59 Å². The van der Waals surface area contributed by atoms with E-state index in [-0.39, 0.29) is 11.8 Å². The van der Waals surface area contributed by atoms with Crippen molar-refractivity contribution in [1.82, 2.24) is 0 Å². The third-order valence-electron chi connectivity index (χ3n) is 5.20. The second-order valence-electron chi connectivity index (χ2n) is 6.86. The van der Waals surface area contributed by atoms with Crippen LogP contribution in [0.4, 0.5) is 17.1 Å². The predicted molar refractivity (Wildman–Crippen MR) is 105 cm³/mol. The third kappa shape index (κ3) is 2.05. The lowest BCUT2D eigenvalue weighted by atomic mass is 9.92. The molecule has 0 aromatic heterocycles. The summed E-state index contributed by atoms with van der Waals surface area (Å²) in [6, 6.07) is 22.4. The van der Waals surface area contributed by atoms with Crippen molar-refractivity contribution in [3.63, 3.8) is 0 Å². The first-order valence-corrected chi connectivity index (χ1v) is 8.81. The SMILES string of the molecule is Cc1ccc(N2C(=O)c3ccccc3N[C@@]23C(=O)Nc2ccccc23)cc1. The summed E-state index contributed by atoms with van der Waals surface area (Å²) in [5.41, 5.74) is 3.06. The van der Waals surface area contributed by atoms with Gasteiger partial charge in [0.25, 0.3) is 11.8 Å². The molecule has 132 valence electrons. The first-order chi connectivity index (χ1) is 13.1. The fourth-order valence-corrected chi connectivity index (χ4v) is 3.90. The van der Waals surface area contributed by atoms with Crippen molar-refractivity contribution in [2.45, 2.75) is 12.6 Å². The molecule has 3 aromatic rings. The van der Waals surface area contributed by atoms with Gasteiger partial charge >= 0.3 is 0 Å². The molecule has 2 aliphatic heterocycles. The van der Waals surface area contributed by atoms with E-state index in [1.807, 2.05) is 73.7 Å². The predicted octanol–water partition coefficient (Wildman–Crippen LogP) is 3.87. The highest BCUT2D eigenvalue weighted by Gasteiger charge is 2.56. The molecule has 0 bridgehead atoms. The van der Waals surface area contributed by atoms with Gasteiger partial charge in [-0.1, -0.05) is 48.0 Å². The Bertz CT molecular complexity index is 1090. The zero-order valence-corrected chi connectivity index (χ0v) is 14.7. The number of fused-ring (bicyclic) bond motifs is 3. The largest absolute Gasteiger partial charge is 0.350 e. The molecule has 2 amide bonds. The number of anilines is 3. The van der Waals surface area contributed by atoms with Gasteiger partial charge in [-0.15, -0.1) is 0 Å². The number of benzene rings is 3. The number of aryl methyl sites for hydroxylation is 1. The van der Waals surface area contributed by atoms with E-state index >= 15 is 0 Å². The Labute approximate surface area is 156 Å². The Kier molecular flexibility index (Phi) is 3.15. The highest BCUT2D eigenvalue weighted by molar-refractivity contribution is 6.21. The average Bonchev–Trinajstić information content (AvgIpc) is 2.95. The normalized spacial score (nSPS) is 20.1. The van der Waals surface area contributed by atoms with Gasteiger partial charge in [0.15, 0.2) is 0 Å². The molecule has 1 atom stereocenters. The highest BCUT2D eigenvalue weighted by atomic mass is 16.2. The molecular weight excluding hydrogens is 338 g/mol. The number of amides is 2. The quantitative estimate of drug-likeness (QED) is 0.696. The van der Waals surface area contributed by atoms with Crippen LogP contribution in [0.15, 0.2) is 72.8 Å². The first kappa shape index (κ1) is 15.6. The molecule has 1 spiro atoms. The molecule has 2 aliphatic rings. The van der Waals surface area contributed by atoms with E-state index in [1.54, 1.807) is 11.0 Å². The minimum atomic E-state index is -1.32. The summed E-state index contributed by atoms with van der Waals surface area (Å²) in [5, 5.41) is 6.29. The molecular formula is C22H17N3O2. The number of carbonyl (C=O) groups is 2. The standard InChI is InChI=1S/C22H17N3O2/c1-14-10-12-15(13-11-14)25-20(26)16-6-2-4-8-18(16)24-22(25)17-7-3-5-9-19(17)23-21(22)27/h2-13,24H,1H3,(H,23,27)/t22-/m1/s1. The van der Waals surface area contributed by atoms with Crippen LogP contribution in [0.1, 0.15) is 21.5 Å². The van der Waals surface area contributed by atoms with Gasteiger partial charge in [-0.2, -0.15) is 0 Å². The van der Waals surface area contributed by atoms with Crippen molar-refractivity contribution in [1.29, 1.82) is 0 Å². The topological polar surface area (TPSA) is 61.4 Å². The summed E-state index contributed by atoms with van der Waals surface area (Å²) < 4.78 is 0. The van der Waals surface area contributed by atoms with Crippen LogP contribution in [0.3, 0.4) is 0 Å². The third-order valence-corrected chi connectivity index (χ3v) is 5.20. The van der Waals surface area contributed by atoms with Crippen molar-refractivity contribution >= 4 is 28.9 Å². The van der Waals surface area contributed by atoms with Crippen LogP contribution < -0.4 is 15.5 Å². The fraction of sp³-hybridized carbons (Fsp3) is 0.0909. The molecule has 5 nitrogen and oxygen atoms in total. The zero-order chi connectivity index (χ0) is 18.6. The van der Waals surface area contributed by atoms with Crippen LogP contribution in [0.5, 0.6) is 0 Å². The molecule has 2 heterocycles. The molecule has 0 saturated carbocycles. The second kappa shape index (κ2) is 5.45. The van der Waals surface area contributed by atoms with E-state index in [1.165, 1.54) is 0 Å². The minimum Gasteiger partial charge on any atom is -0.350 e. The van der Waals surface area contributed by atoms with E-state index in [0.29, 0.717) is 22.6 Å². The Morgan fingerprint density at radius 1 is 0.815 bits per heavy atom. The molecule has 5 heteroatoms. The summed E-state index contributed by atoms with van der Waals surface area (Å²) >= 11 is 0. The summed E-state index contributed by atoms with van der Waals surface area (Å²) in [4.78, 5) is 28.3. The van der Waals surface area contributed by atoms with Crippen LogP contribution in [-0.4, -0.2) is 11.8 Å². The molecule has 27 heavy (non-hydrogen) atoms. The van der Waals surface area contributed by atoms with Crippen molar-refractivity contribution in [3.8, 4) is 0 Å². The molecule has 5 rings (SSSR count). The molecule has 3 aromatic carbocycles. The van der Waals surface area contributed by atoms with E-state index in [2.05, 4.69) is 10.6 Å². The van der Waals surface area contributed by atoms with Crippen molar-refractivity contribution in [2.24, 2.45) is 0 Å². The maximum Gasteiger partial charge on any atom is 0.276 e. The lowest BCUT2D eigenvalue weighted by molar-refractivity contribution is -0.119. The van der Waals surface area contributed by atoms with Crippen LogP contribution in [0.2, 0.25) is 0 Å². The lowest BCUT2D eigenvalue weighted by Crippen LogP contribution is -2.61. The Morgan fingerprint density at radius 2 is 1.48 bits per heavy atom. The average molecular weight is 355 g/mol. The molecule has 0 saturated heterocycles. The molecule has 0 fully saturated rings. The van der Waals surface area contributed by atoms with E-state index < -0.39 is 5.66 Å². The van der Waals surface area contributed by atoms with Crippen molar-refractivity contribution in [2.75, 3.05) is 15.5 Å². The van der Waals surface area contributed by atoms with Gasteiger partial charge < -0.3 is 10.6 Å². The maximum absolute atomic E-state index is 13.5. The van der Waals surface area contributed by atoms with Crippen LogP contribution in [0.25, 0.3) is 0 Å². The molecule has 0 radical (unpaired) electrons. The summed E-state index contributed by atoms with van der Waals surface area (Å²) in [7, 11) is 0. The molecule has 0 aliphatic carbocycles. The number of nitrogens with one attached hydrogen (secondary N) is 2. The van der Waals surface area contributed by atoms with E-state index in [0.717, 1.165) is 11.1 Å². The van der Waals surface area contributed by atoms with Gasteiger partial charge in [0.2, 0.25) is 5.66 Å². The van der Waals surface area contributed by atoms with Gasteiger partial charge in [0.1, 0.15) is 0 Å². The summed E-state index contributed by atoms with van der Waals surface area (Å²) in [5.74, 6) is -0.479. The number of nitrogens with zero attached hydrogens (tertiary/aromatic N) is 1. The molecule has 0 unspecified atom stereocenters. The fourth-order valence-electron chi connectivity index (χ4n) is 3.90. The van der Waals surface area contributed by atoms with Gasteiger partial charge in [0, 0.05) is 22.6 Å². The van der Waals surface area contributed by atoms with Gasteiger partial charge in [0.05, 0.1) is 5.56 Å². The number of rotatable bonds is 1. The Morgan fingerprint density at radius 3 is 2.26 bits per heavy atom. The summed E-state index contributed by atoms with van der Waals surface area (Å²) in [6.45, 7) is 1.99. The Balaban J connectivity index is 1.81. The summed E-state index contributed by atoms with van der Waals surface area (Å²) in [6.07, 6.45) is 0. The van der Waals surface area contributed by atoms with Gasteiger partial charge in [-0.25, -0.2) is 0 Å². The first-order valence-electron chi connectivity index (χ1n) is 8.81. The minimum absolute atomic E-state index is 0.208. The number of para-hydroxylation sites is 2. The number of hydrogen-bond donors (Lipinski definition) is 2. The van der Waals surface area contributed by atoms with Gasteiger partial charge in [-0.05, 0) is 37.3 Å². The lowest BCUT2D eigenvalue weighted by Gasteiger charge is -2.44. The maximum atomic E-state index is 13.5.